The van der Waals surface area contributed by atoms with Gasteiger partial charge in [-0.1, -0.05) is 24.3 Å². The number of rotatable bonds is 2. The van der Waals surface area contributed by atoms with E-state index >= 15 is 0 Å². The quantitative estimate of drug-likeness (QED) is 0.290. The highest BCUT2D eigenvalue weighted by atomic mass is 16.3. The van der Waals surface area contributed by atoms with E-state index in [9.17, 15) is 9.59 Å². The average Bonchev–Trinajstić information content (AvgIpc) is 3.41. The van der Waals surface area contributed by atoms with Crippen LogP contribution in [0.25, 0.3) is 39.2 Å². The molecule has 0 fully saturated rings. The van der Waals surface area contributed by atoms with Gasteiger partial charge in [-0.25, -0.2) is 0 Å². The third kappa shape index (κ3) is 2.60. The molecule has 0 amide bonds. The Balaban J connectivity index is 1.42. The number of hydrogen-bond donors (Lipinski definition) is 0. The molecule has 0 radical (unpaired) electrons. The van der Waals surface area contributed by atoms with Gasteiger partial charge in [0.15, 0.2) is 17.1 Å². The number of aryl methyl sites for hydroxylation is 1. The maximum atomic E-state index is 13.0. The molecule has 0 saturated heterocycles. The van der Waals surface area contributed by atoms with Crippen LogP contribution in [0.1, 0.15) is 26.5 Å². The van der Waals surface area contributed by atoms with E-state index in [4.69, 9.17) is 4.42 Å². The number of benzene rings is 2. The molecule has 0 N–H and O–H groups in total. The van der Waals surface area contributed by atoms with Crippen molar-refractivity contribution in [1.29, 1.82) is 0 Å². The minimum atomic E-state index is -0.262. The van der Waals surface area contributed by atoms with Crippen molar-refractivity contribution in [1.82, 2.24) is 9.55 Å². The number of ketones is 2. The SMILES string of the molecule is Cn1c(-c2cccnc2)cc2oc(C=C3C(=O)c4cc5ccccc5cc4C3=O)cc21. The van der Waals surface area contributed by atoms with Gasteiger partial charge in [-0.15, -0.1) is 0 Å². The van der Waals surface area contributed by atoms with Crippen LogP contribution in [-0.2, 0) is 7.05 Å². The first kappa shape index (κ1) is 17.6. The number of aromatic nitrogens is 2. The lowest BCUT2D eigenvalue weighted by Gasteiger charge is -2.02. The summed E-state index contributed by atoms with van der Waals surface area (Å²) in [6.45, 7) is 0. The minimum Gasteiger partial charge on any atom is -0.455 e. The summed E-state index contributed by atoms with van der Waals surface area (Å²) in [6.07, 6.45) is 5.09. The summed E-state index contributed by atoms with van der Waals surface area (Å²) >= 11 is 0. The summed E-state index contributed by atoms with van der Waals surface area (Å²) in [5.74, 6) is -0.0445. The molecule has 3 aromatic heterocycles. The first-order valence-corrected chi connectivity index (χ1v) is 9.94. The molecular weight excluding hydrogens is 388 g/mol. The lowest BCUT2D eigenvalue weighted by Crippen LogP contribution is -1.99. The van der Waals surface area contributed by atoms with Gasteiger partial charge < -0.3 is 8.98 Å². The first-order chi connectivity index (χ1) is 15.1. The maximum Gasteiger partial charge on any atom is 0.197 e. The number of carbonyl (C=O) groups is 2. The van der Waals surface area contributed by atoms with Gasteiger partial charge in [-0.05, 0) is 41.1 Å². The third-order valence-electron chi connectivity index (χ3n) is 5.86. The summed E-state index contributed by atoms with van der Waals surface area (Å²) in [6, 6.07) is 19.0. The molecule has 1 aliphatic carbocycles. The lowest BCUT2D eigenvalue weighted by atomic mass is 10.0. The largest absolute Gasteiger partial charge is 0.455 e. The highest BCUT2D eigenvalue weighted by Gasteiger charge is 2.33. The number of allylic oxidation sites excluding steroid dienone is 1. The molecule has 0 unspecified atom stereocenters. The van der Waals surface area contributed by atoms with E-state index in [0.717, 1.165) is 27.5 Å². The van der Waals surface area contributed by atoms with Crippen molar-refractivity contribution < 1.29 is 14.0 Å². The second-order valence-electron chi connectivity index (χ2n) is 7.69. The van der Waals surface area contributed by atoms with Crippen LogP contribution in [0.2, 0.25) is 0 Å². The molecule has 0 spiro atoms. The molecule has 5 heteroatoms. The van der Waals surface area contributed by atoms with Crippen LogP contribution in [0.15, 0.2) is 83.0 Å². The molecule has 148 valence electrons. The molecule has 0 atom stereocenters. The molecule has 6 rings (SSSR count). The maximum absolute atomic E-state index is 13.0. The monoisotopic (exact) mass is 404 g/mol. The van der Waals surface area contributed by atoms with E-state index in [1.807, 2.05) is 60.1 Å². The number of furan rings is 1. The van der Waals surface area contributed by atoms with Crippen molar-refractivity contribution >= 4 is 39.5 Å². The number of carbonyl (C=O) groups excluding carboxylic acids is 2. The number of pyridine rings is 1. The lowest BCUT2D eigenvalue weighted by molar-refractivity contribution is 0.0990. The van der Waals surface area contributed by atoms with Crippen LogP contribution < -0.4 is 0 Å². The van der Waals surface area contributed by atoms with E-state index in [2.05, 4.69) is 4.98 Å². The second-order valence-corrected chi connectivity index (χ2v) is 7.69. The number of hydrogen-bond acceptors (Lipinski definition) is 4. The van der Waals surface area contributed by atoms with Crippen molar-refractivity contribution in [2.75, 3.05) is 0 Å². The zero-order chi connectivity index (χ0) is 21.1. The molecule has 3 heterocycles. The van der Waals surface area contributed by atoms with Crippen LogP contribution in [-0.4, -0.2) is 21.1 Å². The average molecular weight is 404 g/mol. The van der Waals surface area contributed by atoms with Gasteiger partial charge in [0.2, 0.25) is 0 Å². The number of fused-ring (bicyclic) bond motifs is 3. The number of Topliss-reactive ketones (excluding diaryl/α,β-unsaturated/α-hetero) is 2. The molecule has 5 aromatic rings. The Bertz CT molecular complexity index is 1510. The highest BCUT2D eigenvalue weighted by Crippen LogP contribution is 2.34. The van der Waals surface area contributed by atoms with E-state index in [-0.39, 0.29) is 17.1 Å². The summed E-state index contributed by atoms with van der Waals surface area (Å²) in [7, 11) is 1.95. The van der Waals surface area contributed by atoms with Gasteiger partial charge in [-0.3, -0.25) is 14.6 Å². The third-order valence-corrected chi connectivity index (χ3v) is 5.86. The first-order valence-electron chi connectivity index (χ1n) is 9.94. The molecule has 0 aliphatic heterocycles. The second kappa shape index (κ2) is 6.37. The zero-order valence-corrected chi connectivity index (χ0v) is 16.6. The van der Waals surface area contributed by atoms with E-state index < -0.39 is 0 Å². The van der Waals surface area contributed by atoms with Crippen LogP contribution in [0.5, 0.6) is 0 Å². The smallest absolute Gasteiger partial charge is 0.197 e. The normalized spacial score (nSPS) is 13.4. The zero-order valence-electron chi connectivity index (χ0n) is 16.6. The van der Waals surface area contributed by atoms with Crippen LogP contribution in [0.4, 0.5) is 0 Å². The fraction of sp³-hybridized carbons (Fsp3) is 0.0385. The standard InChI is InChI=1S/C26H16N2O3/c1-28-22(17-7-4-8-27-14-17)13-24-23(28)12-18(31-24)11-21-25(29)19-9-15-5-2-3-6-16(15)10-20(19)26(21)30/h2-14H,1H3. The number of nitrogens with zero attached hydrogens (tertiary/aromatic N) is 2. The van der Waals surface area contributed by atoms with Gasteiger partial charge in [0.05, 0.1) is 16.8 Å². The molecule has 31 heavy (non-hydrogen) atoms. The van der Waals surface area contributed by atoms with Gasteiger partial charge >= 0.3 is 0 Å². The Morgan fingerprint density at radius 3 is 2.23 bits per heavy atom. The molecular formula is C26H16N2O3. The van der Waals surface area contributed by atoms with Crippen molar-refractivity contribution in [3.05, 3.63) is 95.5 Å². The Morgan fingerprint density at radius 1 is 0.903 bits per heavy atom. The van der Waals surface area contributed by atoms with Gasteiger partial charge in [0.25, 0.3) is 0 Å². The Hall–Kier alpha value is -4.25. The Kier molecular flexibility index (Phi) is 3.62. The fourth-order valence-electron chi connectivity index (χ4n) is 4.28. The van der Waals surface area contributed by atoms with Gasteiger partial charge in [0, 0.05) is 48.3 Å². The molecule has 5 nitrogen and oxygen atoms in total. The molecule has 2 aromatic carbocycles. The van der Waals surface area contributed by atoms with E-state index in [0.29, 0.717) is 22.5 Å². The Labute approximate surface area is 177 Å². The van der Waals surface area contributed by atoms with Gasteiger partial charge in [-0.2, -0.15) is 0 Å². The molecule has 1 aliphatic rings. The van der Waals surface area contributed by atoms with Crippen molar-refractivity contribution in [3.63, 3.8) is 0 Å². The van der Waals surface area contributed by atoms with Crippen LogP contribution >= 0.6 is 0 Å². The van der Waals surface area contributed by atoms with E-state index in [1.165, 1.54) is 0 Å². The Morgan fingerprint density at radius 2 is 1.61 bits per heavy atom. The summed E-state index contributed by atoms with van der Waals surface area (Å²) in [4.78, 5) is 30.1. The summed E-state index contributed by atoms with van der Waals surface area (Å²) < 4.78 is 7.98. The molecule has 0 bridgehead atoms. The highest BCUT2D eigenvalue weighted by molar-refractivity contribution is 6.42. The predicted molar refractivity (Wildman–Crippen MR) is 119 cm³/mol. The summed E-state index contributed by atoms with van der Waals surface area (Å²) in [5.41, 5.74) is 4.57. The fourth-order valence-corrected chi connectivity index (χ4v) is 4.28. The van der Waals surface area contributed by atoms with Crippen LogP contribution in [0.3, 0.4) is 0 Å². The van der Waals surface area contributed by atoms with Crippen molar-refractivity contribution in [2.45, 2.75) is 0 Å². The van der Waals surface area contributed by atoms with Gasteiger partial charge in [0.1, 0.15) is 5.76 Å². The predicted octanol–water partition coefficient (Wildman–Crippen LogP) is 5.45. The summed E-state index contributed by atoms with van der Waals surface area (Å²) in [5, 5.41) is 1.88. The topological polar surface area (TPSA) is 65.1 Å². The molecule has 0 saturated carbocycles. The van der Waals surface area contributed by atoms with E-state index in [1.54, 1.807) is 30.6 Å². The minimum absolute atomic E-state index is 0.136. The van der Waals surface area contributed by atoms with Crippen molar-refractivity contribution in [3.8, 4) is 11.3 Å². The van der Waals surface area contributed by atoms with Crippen molar-refractivity contribution in [2.24, 2.45) is 7.05 Å². The van der Waals surface area contributed by atoms with Crippen LogP contribution in [0, 0.1) is 0 Å².